The lowest BCUT2D eigenvalue weighted by atomic mass is 10.0. The molecule has 0 aliphatic heterocycles. The average Bonchev–Trinajstić information content (AvgIpc) is 2.53. The zero-order chi connectivity index (χ0) is 16.4. The topological polar surface area (TPSA) is 46.4 Å². The zero-order valence-corrected chi connectivity index (χ0v) is 13.7. The molecule has 4 nitrogen and oxygen atoms in total. The molecule has 0 atom stereocenters. The summed E-state index contributed by atoms with van der Waals surface area (Å²) in [6.07, 6.45) is 0. The van der Waals surface area contributed by atoms with Crippen molar-refractivity contribution in [3.8, 4) is 0 Å². The van der Waals surface area contributed by atoms with Crippen LogP contribution in [0.5, 0.6) is 0 Å². The molecule has 0 spiro atoms. The highest BCUT2D eigenvalue weighted by molar-refractivity contribution is 5.47. The number of aryl methyl sites for hydroxylation is 1. The summed E-state index contributed by atoms with van der Waals surface area (Å²) in [5, 5.41) is 3.35. The van der Waals surface area contributed by atoms with Gasteiger partial charge in [0.25, 0.3) is 5.56 Å². The Morgan fingerprint density at radius 2 is 1.91 bits per heavy atom. The Morgan fingerprint density at radius 1 is 1.13 bits per heavy atom. The van der Waals surface area contributed by atoms with Crippen LogP contribution in [0.25, 0.3) is 5.65 Å². The number of rotatable bonds is 4. The fourth-order valence-electron chi connectivity index (χ4n) is 2.65. The lowest BCUT2D eigenvalue weighted by Crippen LogP contribution is -2.18. The summed E-state index contributed by atoms with van der Waals surface area (Å²) in [5.74, 6) is 0.489. The van der Waals surface area contributed by atoms with Crippen LogP contribution in [0.15, 0.2) is 53.3 Å². The van der Waals surface area contributed by atoms with Gasteiger partial charge < -0.3 is 5.32 Å². The van der Waals surface area contributed by atoms with Gasteiger partial charge >= 0.3 is 0 Å². The third kappa shape index (κ3) is 3.26. The standard InChI is InChI=1S/C19H21N3O/c1-13(2)15-7-5-8-16(10-15)20-12-17-11-19(23)22-14(3)6-4-9-18(22)21-17/h4-11,13,20H,12H2,1-3H3. The molecule has 0 amide bonds. The summed E-state index contributed by atoms with van der Waals surface area (Å²) >= 11 is 0. The second-order valence-corrected chi connectivity index (χ2v) is 6.08. The second-order valence-electron chi connectivity index (χ2n) is 6.08. The largest absolute Gasteiger partial charge is 0.379 e. The highest BCUT2D eigenvalue weighted by atomic mass is 16.1. The summed E-state index contributed by atoms with van der Waals surface area (Å²) in [6, 6.07) is 15.6. The predicted octanol–water partition coefficient (Wildman–Crippen LogP) is 3.74. The zero-order valence-electron chi connectivity index (χ0n) is 13.7. The Morgan fingerprint density at radius 3 is 2.70 bits per heavy atom. The van der Waals surface area contributed by atoms with Crippen LogP contribution in [0.2, 0.25) is 0 Å². The van der Waals surface area contributed by atoms with Crippen LogP contribution in [0.4, 0.5) is 5.69 Å². The Bertz CT molecular complexity index is 897. The molecule has 1 N–H and O–H groups in total. The number of nitrogens with zero attached hydrogens (tertiary/aromatic N) is 2. The normalized spacial score (nSPS) is 11.1. The molecule has 1 aromatic carbocycles. The van der Waals surface area contributed by atoms with Crippen molar-refractivity contribution in [1.29, 1.82) is 0 Å². The van der Waals surface area contributed by atoms with Gasteiger partial charge in [0.1, 0.15) is 5.65 Å². The van der Waals surface area contributed by atoms with Crippen molar-refractivity contribution in [2.45, 2.75) is 33.2 Å². The summed E-state index contributed by atoms with van der Waals surface area (Å²) in [5.41, 5.74) is 4.62. The fraction of sp³-hybridized carbons (Fsp3) is 0.263. The molecule has 0 bridgehead atoms. The highest BCUT2D eigenvalue weighted by Crippen LogP contribution is 2.18. The quantitative estimate of drug-likeness (QED) is 0.798. The molecule has 0 fully saturated rings. The molecule has 0 saturated carbocycles. The van der Waals surface area contributed by atoms with E-state index in [9.17, 15) is 4.79 Å². The van der Waals surface area contributed by atoms with E-state index >= 15 is 0 Å². The summed E-state index contributed by atoms with van der Waals surface area (Å²) in [6.45, 7) is 6.78. The van der Waals surface area contributed by atoms with Gasteiger partial charge in [0.2, 0.25) is 0 Å². The SMILES string of the molecule is Cc1cccc2nc(CNc3cccc(C(C)C)c3)cc(=O)n12. The van der Waals surface area contributed by atoms with Crippen molar-refractivity contribution in [3.05, 3.63) is 75.8 Å². The monoisotopic (exact) mass is 307 g/mol. The van der Waals surface area contributed by atoms with E-state index in [-0.39, 0.29) is 5.56 Å². The third-order valence-electron chi connectivity index (χ3n) is 3.96. The van der Waals surface area contributed by atoms with Gasteiger partial charge in [-0.2, -0.15) is 0 Å². The molecule has 0 saturated heterocycles. The lowest BCUT2D eigenvalue weighted by Gasteiger charge is -2.11. The number of hydrogen-bond acceptors (Lipinski definition) is 3. The van der Waals surface area contributed by atoms with Crippen molar-refractivity contribution < 1.29 is 0 Å². The van der Waals surface area contributed by atoms with Crippen molar-refractivity contribution in [3.63, 3.8) is 0 Å². The van der Waals surface area contributed by atoms with Gasteiger partial charge in [0.05, 0.1) is 12.2 Å². The second kappa shape index (κ2) is 6.24. The number of benzene rings is 1. The minimum atomic E-state index is -0.0409. The van der Waals surface area contributed by atoms with Crippen molar-refractivity contribution in [1.82, 2.24) is 9.38 Å². The molecule has 0 aliphatic carbocycles. The molecule has 23 heavy (non-hydrogen) atoms. The number of pyridine rings is 1. The Labute approximate surface area is 135 Å². The van der Waals surface area contributed by atoms with E-state index < -0.39 is 0 Å². The maximum Gasteiger partial charge on any atom is 0.258 e. The van der Waals surface area contributed by atoms with Gasteiger partial charge in [-0.15, -0.1) is 0 Å². The first-order valence-electron chi connectivity index (χ1n) is 7.87. The van der Waals surface area contributed by atoms with Crippen LogP contribution in [0.1, 0.15) is 36.7 Å². The lowest BCUT2D eigenvalue weighted by molar-refractivity contribution is 0.866. The van der Waals surface area contributed by atoms with Gasteiger partial charge in [-0.05, 0) is 42.7 Å². The van der Waals surface area contributed by atoms with Crippen LogP contribution in [0.3, 0.4) is 0 Å². The number of hydrogen-bond donors (Lipinski definition) is 1. The molecular formula is C19H21N3O. The smallest absolute Gasteiger partial charge is 0.258 e. The van der Waals surface area contributed by atoms with Crippen LogP contribution in [0, 0.1) is 6.92 Å². The molecule has 118 valence electrons. The first-order valence-corrected chi connectivity index (χ1v) is 7.87. The molecule has 4 heteroatoms. The van der Waals surface area contributed by atoms with Gasteiger partial charge in [0, 0.05) is 17.4 Å². The van der Waals surface area contributed by atoms with Gasteiger partial charge in [-0.3, -0.25) is 9.20 Å². The van der Waals surface area contributed by atoms with Crippen LogP contribution < -0.4 is 10.9 Å². The maximum atomic E-state index is 12.3. The van der Waals surface area contributed by atoms with Gasteiger partial charge in [-0.1, -0.05) is 32.0 Å². The van der Waals surface area contributed by atoms with Gasteiger partial charge in [-0.25, -0.2) is 4.98 Å². The number of aromatic nitrogens is 2. The third-order valence-corrected chi connectivity index (χ3v) is 3.96. The fourth-order valence-corrected chi connectivity index (χ4v) is 2.65. The van der Waals surface area contributed by atoms with Crippen molar-refractivity contribution in [2.75, 3.05) is 5.32 Å². The molecule has 0 unspecified atom stereocenters. The Balaban J connectivity index is 1.85. The average molecular weight is 307 g/mol. The molecule has 0 aliphatic rings. The Hall–Kier alpha value is -2.62. The Kier molecular flexibility index (Phi) is 4.15. The van der Waals surface area contributed by atoms with E-state index in [2.05, 4.69) is 36.3 Å². The van der Waals surface area contributed by atoms with Crippen LogP contribution in [-0.2, 0) is 6.54 Å². The van der Waals surface area contributed by atoms with E-state index in [0.29, 0.717) is 18.1 Å². The number of fused-ring (bicyclic) bond motifs is 1. The highest BCUT2D eigenvalue weighted by Gasteiger charge is 2.05. The molecule has 3 aromatic rings. The molecule has 2 aromatic heterocycles. The molecule has 0 radical (unpaired) electrons. The van der Waals surface area contributed by atoms with Crippen molar-refractivity contribution >= 4 is 11.3 Å². The number of nitrogens with one attached hydrogen (secondary N) is 1. The minimum Gasteiger partial charge on any atom is -0.379 e. The first-order chi connectivity index (χ1) is 11.0. The summed E-state index contributed by atoms with van der Waals surface area (Å²) < 4.78 is 1.63. The first kappa shape index (κ1) is 15.3. The van der Waals surface area contributed by atoms with E-state index in [1.807, 2.05) is 37.3 Å². The van der Waals surface area contributed by atoms with Crippen LogP contribution >= 0.6 is 0 Å². The summed E-state index contributed by atoms with van der Waals surface area (Å²) in [4.78, 5) is 16.8. The van der Waals surface area contributed by atoms with E-state index in [4.69, 9.17) is 0 Å². The van der Waals surface area contributed by atoms with E-state index in [1.54, 1.807) is 10.5 Å². The summed E-state index contributed by atoms with van der Waals surface area (Å²) in [7, 11) is 0. The van der Waals surface area contributed by atoms with E-state index in [1.165, 1.54) is 5.56 Å². The number of anilines is 1. The molecule has 2 heterocycles. The predicted molar refractivity (Wildman–Crippen MR) is 94.1 cm³/mol. The molecular weight excluding hydrogens is 286 g/mol. The van der Waals surface area contributed by atoms with Crippen molar-refractivity contribution in [2.24, 2.45) is 0 Å². The van der Waals surface area contributed by atoms with Crippen LogP contribution in [-0.4, -0.2) is 9.38 Å². The van der Waals surface area contributed by atoms with E-state index in [0.717, 1.165) is 17.1 Å². The minimum absolute atomic E-state index is 0.0409. The molecule has 3 rings (SSSR count). The maximum absolute atomic E-state index is 12.3. The van der Waals surface area contributed by atoms with Gasteiger partial charge in [0.15, 0.2) is 0 Å².